The Labute approximate surface area is 96.8 Å². The van der Waals surface area contributed by atoms with E-state index >= 15 is 0 Å². The number of carbonyl (C=O) groups excluding carboxylic acids is 1. The molecule has 0 N–H and O–H groups in total. The van der Waals surface area contributed by atoms with E-state index in [0.29, 0.717) is 6.10 Å². The fraction of sp³-hybridized carbons (Fsp3) is 0.769. The lowest BCUT2D eigenvalue weighted by molar-refractivity contribution is -0.134. The second kappa shape index (κ2) is 4.58. The third kappa shape index (κ3) is 2.01. The quantitative estimate of drug-likeness (QED) is 0.312. The van der Waals surface area contributed by atoms with Gasteiger partial charge in [0.15, 0.2) is 0 Å². The fourth-order valence-electron chi connectivity index (χ4n) is 2.71. The summed E-state index contributed by atoms with van der Waals surface area (Å²) in [5.74, 6) is -0.249. The van der Waals surface area contributed by atoms with Crippen molar-refractivity contribution in [1.29, 1.82) is 0 Å². The van der Waals surface area contributed by atoms with Crippen LogP contribution in [-0.2, 0) is 14.3 Å². The summed E-state index contributed by atoms with van der Waals surface area (Å²) in [5.41, 5.74) is 1.07. The second-order valence-electron chi connectivity index (χ2n) is 4.68. The zero-order valence-corrected chi connectivity index (χ0v) is 10.1. The Morgan fingerprint density at radius 2 is 2.44 bits per heavy atom. The van der Waals surface area contributed by atoms with Crippen molar-refractivity contribution in [3.05, 3.63) is 11.6 Å². The Bertz CT molecular complexity index is 308. The Hall–Kier alpha value is -0.830. The Kier molecular flexibility index (Phi) is 3.33. The van der Waals surface area contributed by atoms with Gasteiger partial charge in [-0.3, -0.25) is 0 Å². The summed E-state index contributed by atoms with van der Waals surface area (Å²) in [6.45, 7) is 2.20. The summed E-state index contributed by atoms with van der Waals surface area (Å²) >= 11 is 0. The van der Waals surface area contributed by atoms with E-state index in [9.17, 15) is 4.79 Å². The summed E-state index contributed by atoms with van der Waals surface area (Å²) in [6.07, 6.45) is 8.78. The van der Waals surface area contributed by atoms with Crippen LogP contribution in [0.3, 0.4) is 0 Å². The van der Waals surface area contributed by atoms with Gasteiger partial charge in [0.2, 0.25) is 0 Å². The molecule has 1 aliphatic carbocycles. The minimum atomic E-state index is -0.249. The van der Waals surface area contributed by atoms with Gasteiger partial charge >= 0.3 is 5.97 Å². The van der Waals surface area contributed by atoms with Gasteiger partial charge in [-0.25, -0.2) is 4.79 Å². The zero-order valence-electron chi connectivity index (χ0n) is 10.1. The average Bonchev–Trinajstić information content (AvgIpc) is 2.91. The number of esters is 1. The van der Waals surface area contributed by atoms with Crippen LogP contribution >= 0.6 is 0 Å². The molecule has 2 rings (SSSR count). The monoisotopic (exact) mass is 224 g/mol. The van der Waals surface area contributed by atoms with Crippen molar-refractivity contribution < 1.29 is 14.3 Å². The Morgan fingerprint density at radius 1 is 1.62 bits per heavy atom. The predicted octanol–water partition coefficient (Wildman–Crippen LogP) is 2.60. The van der Waals surface area contributed by atoms with E-state index in [1.54, 1.807) is 6.08 Å². The van der Waals surface area contributed by atoms with Gasteiger partial charge in [0.05, 0.1) is 13.2 Å². The third-order valence-electron chi connectivity index (χ3n) is 3.68. The van der Waals surface area contributed by atoms with Crippen molar-refractivity contribution in [2.24, 2.45) is 0 Å². The maximum atomic E-state index is 11.2. The van der Waals surface area contributed by atoms with E-state index in [-0.39, 0.29) is 11.6 Å². The van der Waals surface area contributed by atoms with Crippen LogP contribution in [0.1, 0.15) is 45.4 Å². The van der Waals surface area contributed by atoms with E-state index in [2.05, 4.69) is 11.7 Å². The van der Waals surface area contributed by atoms with E-state index in [4.69, 9.17) is 4.74 Å². The first-order chi connectivity index (χ1) is 7.73. The minimum Gasteiger partial charge on any atom is -0.466 e. The van der Waals surface area contributed by atoms with Gasteiger partial charge in [-0.05, 0) is 24.8 Å². The molecular weight excluding hydrogens is 204 g/mol. The SMILES string of the molecule is CCCCCC12OC1CC/C2=C\C(=O)OC. The summed E-state index contributed by atoms with van der Waals surface area (Å²) in [7, 11) is 1.42. The summed E-state index contributed by atoms with van der Waals surface area (Å²) in [4.78, 5) is 11.2. The number of rotatable bonds is 5. The molecule has 2 fully saturated rings. The molecule has 0 spiro atoms. The summed E-state index contributed by atoms with van der Waals surface area (Å²) in [5, 5.41) is 0. The van der Waals surface area contributed by atoms with Crippen LogP contribution in [0, 0.1) is 0 Å². The number of unbranched alkanes of at least 4 members (excludes halogenated alkanes) is 2. The van der Waals surface area contributed by atoms with Crippen molar-refractivity contribution in [2.75, 3.05) is 7.11 Å². The summed E-state index contributed by atoms with van der Waals surface area (Å²) in [6, 6.07) is 0. The normalized spacial score (nSPS) is 33.9. The van der Waals surface area contributed by atoms with Crippen molar-refractivity contribution in [3.8, 4) is 0 Å². The molecule has 0 radical (unpaired) electrons. The number of hydrogen-bond donors (Lipinski definition) is 0. The average molecular weight is 224 g/mol. The molecule has 3 nitrogen and oxygen atoms in total. The van der Waals surface area contributed by atoms with Crippen molar-refractivity contribution in [3.63, 3.8) is 0 Å². The Balaban J connectivity index is 1.98. The molecule has 3 heteroatoms. The largest absolute Gasteiger partial charge is 0.466 e. The van der Waals surface area contributed by atoms with Gasteiger partial charge in [0, 0.05) is 6.08 Å². The van der Waals surface area contributed by atoms with Crippen LogP contribution in [0.25, 0.3) is 0 Å². The number of hydrogen-bond acceptors (Lipinski definition) is 3. The highest BCUT2D eigenvalue weighted by Crippen LogP contribution is 2.56. The van der Waals surface area contributed by atoms with Crippen molar-refractivity contribution in [1.82, 2.24) is 0 Å². The van der Waals surface area contributed by atoms with Crippen molar-refractivity contribution >= 4 is 5.97 Å². The van der Waals surface area contributed by atoms with E-state index in [1.807, 2.05) is 0 Å². The van der Waals surface area contributed by atoms with Gasteiger partial charge in [-0.1, -0.05) is 26.2 Å². The maximum absolute atomic E-state index is 11.2. The molecule has 1 saturated heterocycles. The standard InChI is InChI=1S/C13H20O3/c1-3-4-5-8-13-10(9-12(14)15-2)6-7-11(13)16-13/h9,11H,3-8H2,1-2H3/b10-9+. The second-order valence-corrected chi connectivity index (χ2v) is 4.68. The topological polar surface area (TPSA) is 38.8 Å². The molecule has 2 atom stereocenters. The smallest absolute Gasteiger partial charge is 0.330 e. The van der Waals surface area contributed by atoms with Crippen LogP contribution in [-0.4, -0.2) is 24.8 Å². The predicted molar refractivity (Wildman–Crippen MR) is 61.1 cm³/mol. The molecule has 0 aromatic heterocycles. The Morgan fingerprint density at radius 3 is 3.06 bits per heavy atom. The molecule has 0 bridgehead atoms. The molecule has 1 aliphatic heterocycles. The number of ether oxygens (including phenoxy) is 2. The molecule has 2 unspecified atom stereocenters. The molecule has 16 heavy (non-hydrogen) atoms. The number of epoxide rings is 1. The molecule has 1 saturated carbocycles. The van der Waals surface area contributed by atoms with Crippen LogP contribution in [0.15, 0.2) is 11.6 Å². The van der Waals surface area contributed by atoms with E-state index < -0.39 is 0 Å². The number of fused-ring (bicyclic) bond motifs is 1. The molecule has 0 amide bonds. The fourth-order valence-corrected chi connectivity index (χ4v) is 2.71. The van der Waals surface area contributed by atoms with Crippen LogP contribution in [0.4, 0.5) is 0 Å². The van der Waals surface area contributed by atoms with Crippen LogP contribution < -0.4 is 0 Å². The zero-order chi connectivity index (χ0) is 11.6. The molecule has 2 aliphatic rings. The third-order valence-corrected chi connectivity index (χ3v) is 3.68. The molecule has 0 aromatic carbocycles. The maximum Gasteiger partial charge on any atom is 0.330 e. The molecule has 90 valence electrons. The van der Waals surface area contributed by atoms with E-state index in [0.717, 1.165) is 24.8 Å². The molecule has 1 heterocycles. The lowest BCUT2D eigenvalue weighted by Gasteiger charge is -2.11. The van der Waals surface area contributed by atoms with E-state index in [1.165, 1.54) is 26.4 Å². The number of methoxy groups -OCH3 is 1. The van der Waals surface area contributed by atoms with Crippen LogP contribution in [0.2, 0.25) is 0 Å². The minimum absolute atomic E-state index is 0.0800. The highest BCUT2D eigenvalue weighted by molar-refractivity contribution is 5.83. The highest BCUT2D eigenvalue weighted by Gasteiger charge is 2.61. The van der Waals surface area contributed by atoms with Crippen LogP contribution in [0.5, 0.6) is 0 Å². The van der Waals surface area contributed by atoms with Gasteiger partial charge in [-0.15, -0.1) is 0 Å². The highest BCUT2D eigenvalue weighted by atomic mass is 16.6. The molecule has 0 aromatic rings. The lowest BCUT2D eigenvalue weighted by atomic mass is 9.94. The van der Waals surface area contributed by atoms with Gasteiger partial charge in [0.1, 0.15) is 5.60 Å². The van der Waals surface area contributed by atoms with Gasteiger partial charge in [-0.2, -0.15) is 0 Å². The van der Waals surface area contributed by atoms with Gasteiger partial charge in [0.25, 0.3) is 0 Å². The molecular formula is C13H20O3. The lowest BCUT2D eigenvalue weighted by Crippen LogP contribution is -2.14. The number of carbonyl (C=O) groups is 1. The first kappa shape index (κ1) is 11.6. The van der Waals surface area contributed by atoms with Gasteiger partial charge < -0.3 is 9.47 Å². The first-order valence-corrected chi connectivity index (χ1v) is 6.19. The van der Waals surface area contributed by atoms with Crippen molar-refractivity contribution in [2.45, 2.75) is 57.2 Å². The summed E-state index contributed by atoms with van der Waals surface area (Å²) < 4.78 is 10.4. The first-order valence-electron chi connectivity index (χ1n) is 6.19.